The lowest BCUT2D eigenvalue weighted by atomic mass is 10.00. The summed E-state index contributed by atoms with van der Waals surface area (Å²) in [5.41, 5.74) is 0.0308. The lowest BCUT2D eigenvalue weighted by molar-refractivity contribution is -0.136. The van der Waals surface area contributed by atoms with Gasteiger partial charge in [0.1, 0.15) is 0 Å². The number of aliphatic hydroxyl groups is 1. The number of nitrogens with one attached hydrogen (secondary N) is 1. The zero-order chi connectivity index (χ0) is 19.0. The van der Waals surface area contributed by atoms with Crippen molar-refractivity contribution in [3.63, 3.8) is 0 Å². The number of hydrogen-bond donors (Lipinski definition) is 2. The molecule has 25 heavy (non-hydrogen) atoms. The number of aryl methyl sites for hydroxylation is 1. The summed E-state index contributed by atoms with van der Waals surface area (Å²) in [5, 5.41) is 13.8. The summed E-state index contributed by atoms with van der Waals surface area (Å²) in [6, 6.07) is 5.57. The van der Waals surface area contributed by atoms with Crippen LogP contribution in [0.2, 0.25) is 0 Å². The van der Waals surface area contributed by atoms with Crippen LogP contribution in [0.3, 0.4) is 0 Å². The van der Waals surface area contributed by atoms with Gasteiger partial charge in [-0.1, -0.05) is 26.0 Å². The minimum absolute atomic E-state index is 0.113. The molecule has 0 spiro atoms. The van der Waals surface area contributed by atoms with Gasteiger partial charge < -0.3 is 10.4 Å². The Balaban J connectivity index is 0.00000151. The van der Waals surface area contributed by atoms with Crippen LogP contribution in [0.5, 0.6) is 0 Å². The molecule has 1 aromatic carbocycles. The van der Waals surface area contributed by atoms with Crippen molar-refractivity contribution in [2.24, 2.45) is 0 Å². The van der Waals surface area contributed by atoms with Crippen molar-refractivity contribution in [3.05, 3.63) is 41.1 Å². The summed E-state index contributed by atoms with van der Waals surface area (Å²) >= 11 is 1.68. The van der Waals surface area contributed by atoms with E-state index in [-0.39, 0.29) is 12.1 Å². The molecule has 140 valence electrons. The minimum Gasteiger partial charge on any atom is -0.387 e. The first-order valence-corrected chi connectivity index (χ1v) is 9.59. The van der Waals surface area contributed by atoms with Crippen LogP contribution in [0.4, 0.5) is 13.2 Å². The molecule has 3 nitrogen and oxygen atoms in total. The number of para-hydroxylation sites is 1. The van der Waals surface area contributed by atoms with E-state index in [1.165, 1.54) is 6.07 Å². The van der Waals surface area contributed by atoms with Crippen LogP contribution in [0, 0.1) is 6.92 Å². The molecular weight excluding hydrogens is 349 g/mol. The monoisotopic (exact) mass is 374 g/mol. The zero-order valence-electron chi connectivity index (χ0n) is 14.9. The average Bonchev–Trinajstić information content (AvgIpc) is 2.58. The van der Waals surface area contributed by atoms with Crippen LogP contribution >= 0.6 is 11.8 Å². The van der Waals surface area contributed by atoms with Gasteiger partial charge in [-0.15, -0.1) is 0 Å². The van der Waals surface area contributed by atoms with E-state index in [4.69, 9.17) is 0 Å². The molecule has 1 unspecified atom stereocenters. The summed E-state index contributed by atoms with van der Waals surface area (Å²) in [6.45, 7) is 6.65. The quantitative estimate of drug-likeness (QED) is 0.727. The van der Waals surface area contributed by atoms with Crippen molar-refractivity contribution in [2.45, 2.75) is 33.1 Å². The number of nitrogens with zero attached hydrogens (tertiary/aromatic N) is 1. The highest BCUT2D eigenvalue weighted by atomic mass is 32.2. The molecule has 1 heterocycles. The molecule has 2 rings (SSSR count). The van der Waals surface area contributed by atoms with Crippen molar-refractivity contribution < 1.29 is 18.3 Å². The van der Waals surface area contributed by atoms with Crippen LogP contribution < -0.4 is 5.32 Å². The van der Waals surface area contributed by atoms with Crippen LogP contribution in [-0.2, 0) is 6.18 Å². The van der Waals surface area contributed by atoms with E-state index < -0.39 is 17.8 Å². The Morgan fingerprint density at radius 2 is 1.96 bits per heavy atom. The Bertz CT molecular complexity index is 677. The maximum Gasteiger partial charge on any atom is 0.418 e. The van der Waals surface area contributed by atoms with Gasteiger partial charge in [0.15, 0.2) is 0 Å². The minimum atomic E-state index is -4.47. The Labute approximate surface area is 151 Å². The Hall–Kier alpha value is -1.31. The number of aromatic nitrogens is 1. The first kappa shape index (κ1) is 21.7. The number of halogens is 3. The third-order valence-corrected chi connectivity index (χ3v) is 4.10. The third kappa shape index (κ3) is 5.87. The van der Waals surface area contributed by atoms with Gasteiger partial charge in [-0.25, -0.2) is 0 Å². The van der Waals surface area contributed by atoms with Crippen molar-refractivity contribution in [2.75, 3.05) is 25.1 Å². The second kappa shape index (κ2) is 9.99. The van der Waals surface area contributed by atoms with Gasteiger partial charge in [0.05, 0.1) is 17.2 Å². The van der Waals surface area contributed by atoms with E-state index in [9.17, 15) is 18.3 Å². The highest BCUT2D eigenvalue weighted by molar-refractivity contribution is 7.98. The fourth-order valence-corrected chi connectivity index (χ4v) is 2.78. The molecular formula is C18H25F3N2OS. The second-order valence-electron chi connectivity index (χ2n) is 5.27. The van der Waals surface area contributed by atoms with Crippen LogP contribution in [0.25, 0.3) is 10.9 Å². The van der Waals surface area contributed by atoms with Crippen molar-refractivity contribution in [3.8, 4) is 0 Å². The second-order valence-corrected chi connectivity index (χ2v) is 6.25. The van der Waals surface area contributed by atoms with E-state index in [0.29, 0.717) is 16.6 Å². The van der Waals surface area contributed by atoms with E-state index in [1.54, 1.807) is 30.8 Å². The molecule has 7 heteroatoms. The van der Waals surface area contributed by atoms with E-state index >= 15 is 0 Å². The first-order valence-electron chi connectivity index (χ1n) is 8.19. The maximum absolute atomic E-state index is 13.2. The largest absolute Gasteiger partial charge is 0.418 e. The normalized spacial score (nSPS) is 12.6. The molecule has 1 atom stereocenters. The van der Waals surface area contributed by atoms with Crippen LogP contribution in [0.1, 0.15) is 36.8 Å². The van der Waals surface area contributed by atoms with Gasteiger partial charge in [0, 0.05) is 29.9 Å². The standard InChI is InChI=1S/C16H19F3N2OS.C2H6/c1-10-8-12(14(22)9-20-6-7-23-2)11-4-3-5-13(15(11)21-10)16(17,18)19;1-2/h3-5,8,14,20,22H,6-7,9H2,1-2H3;1-2H3. The van der Waals surface area contributed by atoms with Gasteiger partial charge in [-0.05, 0) is 30.9 Å². The number of rotatable bonds is 6. The molecule has 0 amide bonds. The predicted octanol–water partition coefficient (Wildman–Crippen LogP) is 4.57. The Morgan fingerprint density at radius 1 is 1.28 bits per heavy atom. The molecule has 1 aromatic heterocycles. The Kier molecular flexibility index (Phi) is 8.68. The molecule has 2 N–H and O–H groups in total. The lowest BCUT2D eigenvalue weighted by Gasteiger charge is -2.17. The van der Waals surface area contributed by atoms with E-state index in [1.807, 2.05) is 20.1 Å². The van der Waals surface area contributed by atoms with Crippen molar-refractivity contribution >= 4 is 22.7 Å². The molecule has 0 radical (unpaired) electrons. The molecule has 0 bridgehead atoms. The highest BCUT2D eigenvalue weighted by Crippen LogP contribution is 2.36. The van der Waals surface area contributed by atoms with E-state index in [2.05, 4.69) is 10.3 Å². The van der Waals surface area contributed by atoms with Gasteiger partial charge in [0.25, 0.3) is 0 Å². The highest BCUT2D eigenvalue weighted by Gasteiger charge is 2.33. The van der Waals surface area contributed by atoms with Gasteiger partial charge in [-0.2, -0.15) is 24.9 Å². The number of hydrogen-bond acceptors (Lipinski definition) is 4. The van der Waals surface area contributed by atoms with Crippen molar-refractivity contribution in [1.82, 2.24) is 10.3 Å². The zero-order valence-corrected chi connectivity index (χ0v) is 15.8. The third-order valence-electron chi connectivity index (χ3n) is 3.48. The number of aliphatic hydroxyl groups excluding tert-OH is 1. The molecule has 0 aliphatic rings. The van der Waals surface area contributed by atoms with Crippen LogP contribution in [-0.4, -0.2) is 35.2 Å². The average molecular weight is 374 g/mol. The fraction of sp³-hybridized carbons (Fsp3) is 0.500. The SMILES string of the molecule is CC.CSCCNCC(O)c1cc(C)nc2c(C(F)(F)F)cccc12. The first-order chi connectivity index (χ1) is 11.8. The summed E-state index contributed by atoms with van der Waals surface area (Å²) in [5.74, 6) is 0.904. The number of alkyl halides is 3. The molecule has 0 aliphatic heterocycles. The van der Waals surface area contributed by atoms with Crippen molar-refractivity contribution in [1.29, 1.82) is 0 Å². The van der Waals surface area contributed by atoms with Crippen LogP contribution in [0.15, 0.2) is 24.3 Å². The van der Waals surface area contributed by atoms with Gasteiger partial charge in [-0.3, -0.25) is 4.98 Å². The summed E-state index contributed by atoms with van der Waals surface area (Å²) in [6.07, 6.45) is -3.38. The number of thioether (sulfide) groups is 1. The molecule has 0 fully saturated rings. The maximum atomic E-state index is 13.2. The molecule has 0 aliphatic carbocycles. The van der Waals surface area contributed by atoms with Gasteiger partial charge >= 0.3 is 6.18 Å². The smallest absolute Gasteiger partial charge is 0.387 e. The fourth-order valence-electron chi connectivity index (χ4n) is 2.44. The molecule has 2 aromatic rings. The molecule has 0 saturated carbocycles. The lowest BCUT2D eigenvalue weighted by Crippen LogP contribution is -2.24. The molecule has 0 saturated heterocycles. The Morgan fingerprint density at radius 3 is 2.56 bits per heavy atom. The van der Waals surface area contributed by atoms with Gasteiger partial charge in [0.2, 0.25) is 0 Å². The number of benzene rings is 1. The van der Waals surface area contributed by atoms with E-state index in [0.717, 1.165) is 18.4 Å². The summed E-state index contributed by atoms with van der Waals surface area (Å²) in [7, 11) is 0. The number of pyridine rings is 1. The summed E-state index contributed by atoms with van der Waals surface area (Å²) in [4.78, 5) is 4.04. The predicted molar refractivity (Wildman–Crippen MR) is 99.0 cm³/mol. The summed E-state index contributed by atoms with van der Waals surface area (Å²) < 4.78 is 39.5. The number of fused-ring (bicyclic) bond motifs is 1. The topological polar surface area (TPSA) is 45.1 Å².